The van der Waals surface area contributed by atoms with E-state index in [1.54, 1.807) is 19.1 Å². The van der Waals surface area contributed by atoms with Crippen LogP contribution in [0.3, 0.4) is 0 Å². The van der Waals surface area contributed by atoms with Gasteiger partial charge < -0.3 is 15.4 Å². The van der Waals surface area contributed by atoms with Crippen molar-refractivity contribution in [1.82, 2.24) is 10.1 Å². The number of aliphatic hydroxyl groups is 1. The van der Waals surface area contributed by atoms with E-state index in [2.05, 4.69) is 10.1 Å². The molecule has 3 N–H and O–H groups in total. The number of aromatic nitrogens is 2. The SMILES string of the molecule is CC(O)(CN)Cc1nc(Cc2cccc(Cl)c2F)no1. The molecule has 7 heteroatoms. The van der Waals surface area contributed by atoms with Crippen molar-refractivity contribution < 1.29 is 14.0 Å². The highest BCUT2D eigenvalue weighted by Gasteiger charge is 2.23. The van der Waals surface area contributed by atoms with Crippen molar-refractivity contribution in [1.29, 1.82) is 0 Å². The van der Waals surface area contributed by atoms with E-state index in [9.17, 15) is 9.50 Å². The van der Waals surface area contributed by atoms with Gasteiger partial charge in [-0.2, -0.15) is 4.98 Å². The Kier molecular flexibility index (Phi) is 4.37. The Labute approximate surface area is 120 Å². The first-order valence-electron chi connectivity index (χ1n) is 6.08. The molecule has 1 unspecified atom stereocenters. The third-order valence-electron chi connectivity index (χ3n) is 2.86. The zero-order chi connectivity index (χ0) is 14.8. The number of rotatable bonds is 5. The first-order chi connectivity index (χ1) is 9.41. The predicted molar refractivity (Wildman–Crippen MR) is 71.9 cm³/mol. The molecule has 5 nitrogen and oxygen atoms in total. The van der Waals surface area contributed by atoms with Crippen LogP contribution in [0.5, 0.6) is 0 Å². The fourth-order valence-corrected chi connectivity index (χ4v) is 1.88. The topological polar surface area (TPSA) is 85.2 Å². The quantitative estimate of drug-likeness (QED) is 0.878. The molecule has 1 aromatic carbocycles. The third kappa shape index (κ3) is 3.53. The van der Waals surface area contributed by atoms with E-state index in [1.807, 2.05) is 0 Å². The predicted octanol–water partition coefficient (Wildman–Crippen LogP) is 1.71. The largest absolute Gasteiger partial charge is 0.388 e. The Morgan fingerprint density at radius 2 is 2.25 bits per heavy atom. The lowest BCUT2D eigenvalue weighted by molar-refractivity contribution is 0.0610. The van der Waals surface area contributed by atoms with Crippen LogP contribution >= 0.6 is 11.6 Å². The first-order valence-corrected chi connectivity index (χ1v) is 6.46. The molecule has 2 aromatic rings. The average Bonchev–Trinajstić information content (AvgIpc) is 2.82. The van der Waals surface area contributed by atoms with E-state index in [1.165, 1.54) is 6.07 Å². The minimum absolute atomic E-state index is 0.0530. The van der Waals surface area contributed by atoms with Crippen molar-refractivity contribution in [3.63, 3.8) is 0 Å². The van der Waals surface area contributed by atoms with E-state index in [4.69, 9.17) is 21.9 Å². The molecule has 1 aromatic heterocycles. The van der Waals surface area contributed by atoms with E-state index >= 15 is 0 Å². The fraction of sp³-hybridized carbons (Fsp3) is 0.385. The standard InChI is InChI=1S/C13H15ClFN3O2/c1-13(19,7-16)6-11-17-10(18-20-11)5-8-3-2-4-9(14)12(8)15/h2-4,19H,5-7,16H2,1H3. The Hall–Kier alpha value is -1.50. The minimum Gasteiger partial charge on any atom is -0.388 e. The molecule has 0 spiro atoms. The second kappa shape index (κ2) is 5.87. The van der Waals surface area contributed by atoms with Crippen molar-refractivity contribution in [2.45, 2.75) is 25.4 Å². The molecule has 0 amide bonds. The van der Waals surface area contributed by atoms with E-state index in [0.717, 1.165) is 0 Å². The summed E-state index contributed by atoms with van der Waals surface area (Å²) in [6, 6.07) is 4.73. The number of hydrogen-bond acceptors (Lipinski definition) is 5. The van der Waals surface area contributed by atoms with Gasteiger partial charge in [-0.1, -0.05) is 28.9 Å². The van der Waals surface area contributed by atoms with Crippen LogP contribution < -0.4 is 5.73 Å². The Balaban J connectivity index is 2.12. The summed E-state index contributed by atoms with van der Waals surface area (Å²) in [6.45, 7) is 1.65. The van der Waals surface area contributed by atoms with Crippen LogP contribution in [0.25, 0.3) is 0 Å². The van der Waals surface area contributed by atoms with Crippen molar-refractivity contribution in [2.24, 2.45) is 5.73 Å². The lowest BCUT2D eigenvalue weighted by Crippen LogP contribution is -2.36. The maximum atomic E-state index is 13.7. The summed E-state index contributed by atoms with van der Waals surface area (Å²) in [4.78, 5) is 4.11. The molecular formula is C13H15ClFN3O2. The van der Waals surface area contributed by atoms with Crippen LogP contribution in [0.1, 0.15) is 24.2 Å². The van der Waals surface area contributed by atoms with Gasteiger partial charge in [0.05, 0.1) is 17.0 Å². The highest BCUT2D eigenvalue weighted by molar-refractivity contribution is 6.30. The van der Waals surface area contributed by atoms with Crippen molar-refractivity contribution >= 4 is 11.6 Å². The summed E-state index contributed by atoms with van der Waals surface area (Å²) in [7, 11) is 0. The van der Waals surface area contributed by atoms with Gasteiger partial charge in [-0.15, -0.1) is 0 Å². The van der Waals surface area contributed by atoms with Gasteiger partial charge in [-0.25, -0.2) is 4.39 Å². The average molecular weight is 300 g/mol. The van der Waals surface area contributed by atoms with Crippen LogP contribution in [0, 0.1) is 5.82 Å². The molecule has 108 valence electrons. The van der Waals surface area contributed by atoms with Gasteiger partial charge in [0.2, 0.25) is 5.89 Å². The molecule has 2 rings (SSSR count). The van der Waals surface area contributed by atoms with Gasteiger partial charge in [-0.05, 0) is 18.6 Å². The van der Waals surface area contributed by atoms with E-state index in [-0.39, 0.29) is 30.3 Å². The van der Waals surface area contributed by atoms with Crippen LogP contribution in [0.2, 0.25) is 5.02 Å². The molecule has 1 heterocycles. The summed E-state index contributed by atoms with van der Waals surface area (Å²) in [5.74, 6) is 0.0985. The zero-order valence-electron chi connectivity index (χ0n) is 10.9. The third-order valence-corrected chi connectivity index (χ3v) is 3.15. The Morgan fingerprint density at radius 3 is 2.95 bits per heavy atom. The van der Waals surface area contributed by atoms with E-state index in [0.29, 0.717) is 11.4 Å². The summed E-state index contributed by atoms with van der Waals surface area (Å²) in [5.41, 5.74) is 4.70. The second-order valence-corrected chi connectivity index (χ2v) is 5.28. The van der Waals surface area contributed by atoms with Gasteiger partial charge in [-0.3, -0.25) is 0 Å². The van der Waals surface area contributed by atoms with E-state index < -0.39 is 11.4 Å². The Bertz CT molecular complexity index is 601. The molecule has 0 radical (unpaired) electrons. The normalized spacial score (nSPS) is 14.2. The van der Waals surface area contributed by atoms with Gasteiger partial charge >= 0.3 is 0 Å². The van der Waals surface area contributed by atoms with Crippen molar-refractivity contribution in [3.8, 4) is 0 Å². The lowest BCUT2D eigenvalue weighted by atomic mass is 10.0. The highest BCUT2D eigenvalue weighted by Crippen LogP contribution is 2.20. The summed E-state index contributed by atoms with van der Waals surface area (Å²) in [5, 5.41) is 13.6. The minimum atomic E-state index is -1.11. The maximum Gasteiger partial charge on any atom is 0.229 e. The fourth-order valence-electron chi connectivity index (χ4n) is 1.69. The molecule has 1 atom stereocenters. The maximum absolute atomic E-state index is 13.7. The van der Waals surface area contributed by atoms with Gasteiger partial charge in [0.1, 0.15) is 5.82 Å². The smallest absolute Gasteiger partial charge is 0.229 e. The second-order valence-electron chi connectivity index (χ2n) is 4.87. The number of nitrogens with two attached hydrogens (primary N) is 1. The molecule has 0 aliphatic carbocycles. The summed E-state index contributed by atoms with van der Waals surface area (Å²) < 4.78 is 18.8. The lowest BCUT2D eigenvalue weighted by Gasteiger charge is -2.17. The van der Waals surface area contributed by atoms with Gasteiger partial charge in [0, 0.05) is 13.0 Å². The number of nitrogens with zero attached hydrogens (tertiary/aromatic N) is 2. The molecule has 0 bridgehead atoms. The molecule has 0 aliphatic rings. The van der Waals surface area contributed by atoms with Gasteiger partial charge in [0.15, 0.2) is 5.82 Å². The van der Waals surface area contributed by atoms with Crippen molar-refractivity contribution in [3.05, 3.63) is 46.3 Å². The summed E-state index contributed by atoms with van der Waals surface area (Å²) >= 11 is 5.70. The first kappa shape index (κ1) is 14.9. The van der Waals surface area contributed by atoms with Crippen LogP contribution in [-0.4, -0.2) is 27.4 Å². The molecule has 0 saturated heterocycles. The molecule has 20 heavy (non-hydrogen) atoms. The zero-order valence-corrected chi connectivity index (χ0v) is 11.7. The van der Waals surface area contributed by atoms with Gasteiger partial charge in [0.25, 0.3) is 0 Å². The Morgan fingerprint density at radius 1 is 1.50 bits per heavy atom. The van der Waals surface area contributed by atoms with Crippen LogP contribution in [0.15, 0.2) is 22.7 Å². The van der Waals surface area contributed by atoms with Crippen molar-refractivity contribution in [2.75, 3.05) is 6.54 Å². The number of benzene rings is 1. The van der Waals surface area contributed by atoms with Crippen LogP contribution in [-0.2, 0) is 12.8 Å². The molecular weight excluding hydrogens is 285 g/mol. The molecule has 0 fully saturated rings. The summed E-state index contributed by atoms with van der Waals surface area (Å²) in [6.07, 6.45) is 0.315. The van der Waals surface area contributed by atoms with Crippen LogP contribution in [0.4, 0.5) is 4.39 Å². The number of halogens is 2. The molecule has 0 saturated carbocycles. The number of hydrogen-bond donors (Lipinski definition) is 2. The molecule has 0 aliphatic heterocycles. The monoisotopic (exact) mass is 299 g/mol. The highest BCUT2D eigenvalue weighted by atomic mass is 35.5.